The summed E-state index contributed by atoms with van der Waals surface area (Å²) in [6, 6.07) is 6.26. The van der Waals surface area contributed by atoms with Crippen LogP contribution in [0.1, 0.15) is 71.1 Å². The minimum absolute atomic E-state index is 0.0450. The number of carbonyl (C=O) groups is 2. The number of aryl methyl sites for hydroxylation is 2. The number of carboxylic acid groups (broad SMARTS) is 1. The Morgan fingerprint density at radius 1 is 1.28 bits per heavy atom. The maximum atomic E-state index is 12.9. The second-order valence-corrected chi connectivity index (χ2v) is 10.2. The molecular formula is C26H40N2O4. The Bertz CT molecular complexity index is 856. The molecule has 1 aromatic rings. The van der Waals surface area contributed by atoms with Crippen LogP contribution in [-0.4, -0.2) is 42.3 Å². The van der Waals surface area contributed by atoms with Gasteiger partial charge in [-0.2, -0.15) is 0 Å². The first-order chi connectivity index (χ1) is 14.9. The summed E-state index contributed by atoms with van der Waals surface area (Å²) in [6.07, 6.45) is 4.79. The van der Waals surface area contributed by atoms with Crippen molar-refractivity contribution in [3.05, 3.63) is 46.7 Å². The Kier molecular flexibility index (Phi) is 8.52. The van der Waals surface area contributed by atoms with Crippen LogP contribution in [0.15, 0.2) is 30.0 Å². The van der Waals surface area contributed by atoms with Crippen molar-refractivity contribution < 1.29 is 19.4 Å². The Hall–Kier alpha value is -2.34. The summed E-state index contributed by atoms with van der Waals surface area (Å²) in [7, 11) is 1.66. The number of carbonyl (C=O) groups excluding carboxylic acids is 1. The van der Waals surface area contributed by atoms with Gasteiger partial charge in [0.15, 0.2) is 0 Å². The average Bonchev–Trinajstić information content (AvgIpc) is 2.70. The van der Waals surface area contributed by atoms with Crippen molar-refractivity contribution in [2.24, 2.45) is 11.3 Å². The SMILES string of the molecule is CCc1cc([C@]2(C)NC(=O)N(CCC(=O)O)C=C2C(C)COC)ccc1CCC(C)(C)C. The minimum Gasteiger partial charge on any atom is -0.481 e. The molecule has 0 radical (unpaired) electrons. The van der Waals surface area contributed by atoms with Crippen LogP contribution in [0.4, 0.5) is 4.79 Å². The van der Waals surface area contributed by atoms with Crippen LogP contribution < -0.4 is 5.32 Å². The molecule has 6 nitrogen and oxygen atoms in total. The van der Waals surface area contributed by atoms with Crippen molar-refractivity contribution in [3.8, 4) is 0 Å². The molecule has 2 N–H and O–H groups in total. The van der Waals surface area contributed by atoms with Gasteiger partial charge in [-0.3, -0.25) is 4.79 Å². The molecule has 0 bridgehead atoms. The smallest absolute Gasteiger partial charge is 0.322 e. The maximum absolute atomic E-state index is 12.9. The minimum atomic E-state index is -0.926. The first-order valence-corrected chi connectivity index (χ1v) is 11.5. The molecular weight excluding hydrogens is 404 g/mol. The van der Waals surface area contributed by atoms with Gasteiger partial charge in [-0.1, -0.05) is 52.8 Å². The number of urea groups is 1. The first kappa shape index (κ1) is 25.9. The van der Waals surface area contributed by atoms with Gasteiger partial charge in [-0.15, -0.1) is 0 Å². The molecule has 0 aliphatic carbocycles. The number of nitrogens with one attached hydrogen (secondary N) is 1. The zero-order chi connectivity index (χ0) is 24.1. The van der Waals surface area contributed by atoms with Crippen LogP contribution >= 0.6 is 0 Å². The maximum Gasteiger partial charge on any atom is 0.322 e. The van der Waals surface area contributed by atoms with Gasteiger partial charge in [0.2, 0.25) is 0 Å². The van der Waals surface area contributed by atoms with Crippen molar-refractivity contribution in [1.29, 1.82) is 0 Å². The fraction of sp³-hybridized carbons (Fsp3) is 0.615. The molecule has 0 spiro atoms. The van der Waals surface area contributed by atoms with Gasteiger partial charge >= 0.3 is 12.0 Å². The molecule has 2 atom stereocenters. The molecule has 6 heteroatoms. The van der Waals surface area contributed by atoms with Crippen molar-refractivity contribution in [1.82, 2.24) is 10.2 Å². The van der Waals surface area contributed by atoms with Crippen LogP contribution in [0, 0.1) is 11.3 Å². The number of amides is 2. The zero-order valence-corrected chi connectivity index (χ0v) is 20.7. The molecule has 1 aromatic carbocycles. The Labute approximate surface area is 193 Å². The first-order valence-electron chi connectivity index (χ1n) is 11.5. The van der Waals surface area contributed by atoms with E-state index in [0.29, 0.717) is 6.61 Å². The molecule has 1 aliphatic rings. The van der Waals surface area contributed by atoms with Crippen molar-refractivity contribution >= 4 is 12.0 Å². The fourth-order valence-corrected chi connectivity index (χ4v) is 4.31. The summed E-state index contributed by atoms with van der Waals surface area (Å²) in [6.45, 7) is 13.7. The second-order valence-electron chi connectivity index (χ2n) is 10.2. The summed E-state index contributed by atoms with van der Waals surface area (Å²) < 4.78 is 5.41. The highest BCUT2D eigenvalue weighted by molar-refractivity contribution is 5.80. The van der Waals surface area contributed by atoms with Gasteiger partial charge in [0.25, 0.3) is 0 Å². The molecule has 1 unspecified atom stereocenters. The topological polar surface area (TPSA) is 78.9 Å². The van der Waals surface area contributed by atoms with E-state index < -0.39 is 11.5 Å². The molecule has 0 aromatic heterocycles. The van der Waals surface area contributed by atoms with Crippen molar-refractivity contribution in [2.75, 3.05) is 20.3 Å². The Morgan fingerprint density at radius 2 is 1.97 bits per heavy atom. The lowest BCUT2D eigenvalue weighted by Crippen LogP contribution is -2.55. The molecule has 32 heavy (non-hydrogen) atoms. The number of carboxylic acids is 1. The van der Waals surface area contributed by atoms with Gasteiger partial charge < -0.3 is 20.1 Å². The second kappa shape index (κ2) is 10.5. The lowest BCUT2D eigenvalue weighted by molar-refractivity contribution is -0.137. The van der Waals surface area contributed by atoms with Gasteiger partial charge in [0.05, 0.1) is 18.6 Å². The fourth-order valence-electron chi connectivity index (χ4n) is 4.31. The third-order valence-corrected chi connectivity index (χ3v) is 6.31. The van der Waals surface area contributed by atoms with Crippen LogP contribution in [0.2, 0.25) is 0 Å². The summed E-state index contributed by atoms with van der Waals surface area (Å²) in [5.74, 6) is -0.881. The Balaban J connectivity index is 2.46. The average molecular weight is 445 g/mol. The standard InChI is InChI=1S/C26H40N2O4/c1-8-19-15-21(10-9-20(19)11-13-25(3,4)5)26(6)22(18(2)17-32-7)16-28(24(31)27-26)14-12-23(29)30/h9-10,15-16,18H,8,11-14,17H2,1-7H3,(H,27,31)(H,29,30)/t18?,26-/m0/s1. The van der Waals surface area contributed by atoms with Crippen LogP contribution in [0.25, 0.3) is 0 Å². The number of aliphatic carboxylic acids is 1. The summed E-state index contributed by atoms with van der Waals surface area (Å²) in [5, 5.41) is 12.2. The number of nitrogens with zero attached hydrogens (tertiary/aromatic N) is 1. The molecule has 2 amide bonds. The van der Waals surface area contributed by atoms with E-state index in [0.717, 1.165) is 30.4 Å². The van der Waals surface area contributed by atoms with Crippen LogP contribution in [0.3, 0.4) is 0 Å². The Morgan fingerprint density at radius 3 is 2.53 bits per heavy atom. The summed E-state index contributed by atoms with van der Waals surface area (Å²) in [5.41, 5.74) is 4.28. The molecule has 178 valence electrons. The highest BCUT2D eigenvalue weighted by atomic mass is 16.5. The van der Waals surface area contributed by atoms with E-state index in [9.17, 15) is 9.59 Å². The van der Waals surface area contributed by atoms with Gasteiger partial charge in [-0.05, 0) is 53.9 Å². The molecule has 0 saturated heterocycles. The highest BCUT2D eigenvalue weighted by Crippen LogP contribution is 2.38. The van der Waals surface area contributed by atoms with Crippen LogP contribution in [0.5, 0.6) is 0 Å². The number of ether oxygens (including phenoxy) is 1. The third-order valence-electron chi connectivity index (χ3n) is 6.31. The highest BCUT2D eigenvalue weighted by Gasteiger charge is 2.40. The van der Waals surface area contributed by atoms with Crippen molar-refractivity contribution in [3.63, 3.8) is 0 Å². The molecule has 1 heterocycles. The van der Waals surface area contributed by atoms with E-state index in [-0.39, 0.29) is 30.3 Å². The lowest BCUT2D eigenvalue weighted by Gasteiger charge is -2.43. The van der Waals surface area contributed by atoms with E-state index in [1.54, 1.807) is 7.11 Å². The number of hydrogen-bond donors (Lipinski definition) is 2. The summed E-state index contributed by atoms with van der Waals surface area (Å²) in [4.78, 5) is 25.4. The van der Waals surface area contributed by atoms with Gasteiger partial charge in [0.1, 0.15) is 0 Å². The molecule has 2 rings (SSSR count). The van der Waals surface area contributed by atoms with E-state index in [4.69, 9.17) is 9.84 Å². The molecule has 0 saturated carbocycles. The van der Waals surface area contributed by atoms with E-state index in [1.807, 2.05) is 13.1 Å². The van der Waals surface area contributed by atoms with Gasteiger partial charge in [-0.25, -0.2) is 4.79 Å². The molecule has 0 fully saturated rings. The number of hydrogen-bond acceptors (Lipinski definition) is 3. The zero-order valence-electron chi connectivity index (χ0n) is 20.7. The predicted octanol–water partition coefficient (Wildman–Crippen LogP) is 5.11. The van der Waals surface area contributed by atoms with E-state index in [2.05, 4.69) is 58.1 Å². The largest absolute Gasteiger partial charge is 0.481 e. The van der Waals surface area contributed by atoms with E-state index >= 15 is 0 Å². The predicted molar refractivity (Wildman–Crippen MR) is 128 cm³/mol. The molecule has 1 aliphatic heterocycles. The number of rotatable bonds is 10. The van der Waals surface area contributed by atoms with Gasteiger partial charge in [0, 0.05) is 25.8 Å². The third kappa shape index (κ3) is 6.35. The monoisotopic (exact) mass is 444 g/mol. The normalized spacial score (nSPS) is 20.0. The summed E-state index contributed by atoms with van der Waals surface area (Å²) >= 11 is 0. The quantitative estimate of drug-likeness (QED) is 0.526. The van der Waals surface area contributed by atoms with Crippen molar-refractivity contribution in [2.45, 2.75) is 72.8 Å². The number of benzene rings is 1. The van der Waals surface area contributed by atoms with E-state index in [1.165, 1.54) is 16.0 Å². The number of methoxy groups -OCH3 is 1. The van der Waals surface area contributed by atoms with Crippen LogP contribution in [-0.2, 0) is 27.9 Å². The lowest BCUT2D eigenvalue weighted by atomic mass is 9.76.